The van der Waals surface area contributed by atoms with Crippen LogP contribution in [0.15, 0.2) is 18.2 Å². The summed E-state index contributed by atoms with van der Waals surface area (Å²) in [6.45, 7) is 1.87. The lowest BCUT2D eigenvalue weighted by Gasteiger charge is -1.98. The zero-order valence-electron chi connectivity index (χ0n) is 6.50. The largest absolute Gasteiger partial charge is 0.466 e. The van der Waals surface area contributed by atoms with Crippen LogP contribution < -0.4 is 4.74 Å². The van der Waals surface area contributed by atoms with Gasteiger partial charge in [0.1, 0.15) is 5.75 Å². The minimum atomic E-state index is -0.832. The highest BCUT2D eigenvalue weighted by atomic mass is 35.5. The highest BCUT2D eigenvalue weighted by Crippen LogP contribution is 2.32. The first kappa shape index (κ1) is 7.62. The summed E-state index contributed by atoms with van der Waals surface area (Å²) in [4.78, 5) is 11.4. The number of ketones is 1. The molecule has 0 radical (unpaired) electrons. The van der Waals surface area contributed by atoms with Crippen molar-refractivity contribution >= 4 is 17.4 Å². The number of hydrogen-bond acceptors (Lipinski definition) is 2. The summed E-state index contributed by atoms with van der Waals surface area (Å²) >= 11 is 5.63. The summed E-state index contributed by atoms with van der Waals surface area (Å²) in [7, 11) is 0. The van der Waals surface area contributed by atoms with Crippen molar-refractivity contribution in [2.75, 3.05) is 0 Å². The lowest BCUT2D eigenvalue weighted by Crippen LogP contribution is -2.12. The van der Waals surface area contributed by atoms with Gasteiger partial charge in [-0.3, -0.25) is 4.79 Å². The second-order valence-electron chi connectivity index (χ2n) is 2.75. The molecule has 12 heavy (non-hydrogen) atoms. The van der Waals surface area contributed by atoms with Crippen LogP contribution >= 0.6 is 11.6 Å². The van der Waals surface area contributed by atoms with Crippen molar-refractivity contribution in [3.8, 4) is 5.75 Å². The van der Waals surface area contributed by atoms with Crippen molar-refractivity contribution < 1.29 is 9.53 Å². The van der Waals surface area contributed by atoms with Gasteiger partial charge < -0.3 is 4.74 Å². The van der Waals surface area contributed by atoms with E-state index in [0.29, 0.717) is 11.3 Å². The number of halogens is 1. The molecule has 1 unspecified atom stereocenters. The van der Waals surface area contributed by atoms with Gasteiger partial charge in [0.2, 0.25) is 11.3 Å². The molecule has 3 heteroatoms. The smallest absolute Gasteiger partial charge is 0.235 e. The number of Topliss-reactive ketones (excluding diaryl/α,β-unsaturated/α-hetero) is 1. The van der Waals surface area contributed by atoms with Crippen molar-refractivity contribution in [1.82, 2.24) is 0 Å². The standard InChI is InChI=1S/C9H7ClO2/c1-5-3-2-4-6-7(5)8(11)9(10)12-6/h2-4,9H,1H3. The summed E-state index contributed by atoms with van der Waals surface area (Å²) < 4.78 is 5.12. The van der Waals surface area contributed by atoms with Crippen LogP contribution in [0, 0.1) is 6.92 Å². The van der Waals surface area contributed by atoms with Gasteiger partial charge in [-0.1, -0.05) is 23.7 Å². The number of hydrogen-bond donors (Lipinski definition) is 0. The normalized spacial score (nSPS) is 20.5. The zero-order chi connectivity index (χ0) is 8.72. The first-order valence-corrected chi connectivity index (χ1v) is 4.08. The number of carbonyl (C=O) groups is 1. The highest BCUT2D eigenvalue weighted by Gasteiger charge is 2.31. The van der Waals surface area contributed by atoms with Crippen LogP contribution in [0.4, 0.5) is 0 Å². The molecule has 1 aliphatic heterocycles. The van der Waals surface area contributed by atoms with E-state index >= 15 is 0 Å². The number of ether oxygens (including phenoxy) is 1. The molecule has 0 spiro atoms. The van der Waals surface area contributed by atoms with Crippen molar-refractivity contribution in [1.29, 1.82) is 0 Å². The molecular weight excluding hydrogens is 176 g/mol. The second kappa shape index (κ2) is 2.49. The minimum Gasteiger partial charge on any atom is -0.466 e. The number of alkyl halides is 1. The number of carbonyl (C=O) groups excluding carboxylic acids is 1. The Morgan fingerprint density at radius 1 is 1.50 bits per heavy atom. The summed E-state index contributed by atoms with van der Waals surface area (Å²) in [6.07, 6.45) is 0. The lowest BCUT2D eigenvalue weighted by molar-refractivity contribution is 0.0931. The quantitative estimate of drug-likeness (QED) is 0.575. The third-order valence-corrected chi connectivity index (χ3v) is 2.20. The number of rotatable bonds is 0. The van der Waals surface area contributed by atoms with Gasteiger partial charge in [-0.25, -0.2) is 0 Å². The summed E-state index contributed by atoms with van der Waals surface area (Å²) in [6, 6.07) is 5.47. The maximum atomic E-state index is 11.4. The van der Waals surface area contributed by atoms with Crippen molar-refractivity contribution in [3.05, 3.63) is 29.3 Å². The van der Waals surface area contributed by atoms with E-state index in [4.69, 9.17) is 16.3 Å². The average molecular weight is 183 g/mol. The highest BCUT2D eigenvalue weighted by molar-refractivity contribution is 6.34. The van der Waals surface area contributed by atoms with Crippen LogP contribution in [0.25, 0.3) is 0 Å². The molecule has 0 N–H and O–H groups in total. The predicted octanol–water partition coefficient (Wildman–Crippen LogP) is 2.14. The Bertz CT molecular complexity index is 346. The Balaban J connectivity index is 2.62. The van der Waals surface area contributed by atoms with Gasteiger partial charge in [-0.05, 0) is 18.6 Å². The van der Waals surface area contributed by atoms with Crippen LogP contribution in [-0.4, -0.2) is 11.3 Å². The molecule has 1 aromatic carbocycles. The molecule has 2 nitrogen and oxygen atoms in total. The van der Waals surface area contributed by atoms with Crippen LogP contribution in [0.5, 0.6) is 5.75 Å². The van der Waals surface area contributed by atoms with E-state index in [1.54, 1.807) is 6.07 Å². The summed E-state index contributed by atoms with van der Waals surface area (Å²) in [5.74, 6) is 0.463. The maximum Gasteiger partial charge on any atom is 0.235 e. The predicted molar refractivity (Wildman–Crippen MR) is 45.8 cm³/mol. The van der Waals surface area contributed by atoms with Gasteiger partial charge >= 0.3 is 0 Å². The third-order valence-electron chi connectivity index (χ3n) is 1.92. The Kier molecular flexibility index (Phi) is 1.58. The minimum absolute atomic E-state index is 0.134. The maximum absolute atomic E-state index is 11.4. The van der Waals surface area contributed by atoms with Crippen LogP contribution in [0.1, 0.15) is 15.9 Å². The summed E-state index contributed by atoms with van der Waals surface area (Å²) in [5, 5.41) is 0. The Morgan fingerprint density at radius 2 is 2.25 bits per heavy atom. The van der Waals surface area contributed by atoms with Gasteiger partial charge in [0.25, 0.3) is 0 Å². The molecule has 0 bridgehead atoms. The molecule has 0 aromatic heterocycles. The van der Waals surface area contributed by atoms with E-state index in [2.05, 4.69) is 0 Å². The molecule has 0 aliphatic carbocycles. The van der Waals surface area contributed by atoms with Gasteiger partial charge in [0, 0.05) is 0 Å². The fourth-order valence-corrected chi connectivity index (χ4v) is 1.54. The van der Waals surface area contributed by atoms with E-state index in [1.165, 1.54) is 0 Å². The zero-order valence-corrected chi connectivity index (χ0v) is 7.26. The molecule has 1 aliphatic rings. The van der Waals surface area contributed by atoms with E-state index in [0.717, 1.165) is 5.56 Å². The number of fused-ring (bicyclic) bond motifs is 1. The Labute approximate surface area is 75.1 Å². The molecule has 62 valence electrons. The molecule has 1 heterocycles. The van der Waals surface area contributed by atoms with E-state index in [1.807, 2.05) is 19.1 Å². The topological polar surface area (TPSA) is 26.3 Å². The first-order chi connectivity index (χ1) is 5.70. The lowest BCUT2D eigenvalue weighted by atomic mass is 10.1. The van der Waals surface area contributed by atoms with Crippen LogP contribution in [0.2, 0.25) is 0 Å². The molecule has 1 atom stereocenters. The molecule has 0 saturated carbocycles. The van der Waals surface area contributed by atoms with E-state index < -0.39 is 5.56 Å². The molecule has 0 fully saturated rings. The van der Waals surface area contributed by atoms with Gasteiger partial charge in [-0.2, -0.15) is 0 Å². The van der Waals surface area contributed by atoms with Crippen LogP contribution in [0.3, 0.4) is 0 Å². The van der Waals surface area contributed by atoms with Crippen molar-refractivity contribution in [3.63, 3.8) is 0 Å². The molecule has 0 saturated heterocycles. The SMILES string of the molecule is Cc1cccc2c1C(=O)C(Cl)O2. The molecular formula is C9H7ClO2. The van der Waals surface area contributed by atoms with Gasteiger partial charge in [0.15, 0.2) is 0 Å². The molecule has 1 aromatic rings. The molecule has 2 rings (SSSR count). The van der Waals surface area contributed by atoms with Crippen molar-refractivity contribution in [2.24, 2.45) is 0 Å². The summed E-state index contributed by atoms with van der Waals surface area (Å²) in [5.41, 5.74) is 0.708. The first-order valence-electron chi connectivity index (χ1n) is 3.64. The van der Waals surface area contributed by atoms with Crippen LogP contribution in [-0.2, 0) is 0 Å². The number of aryl methyl sites for hydroxylation is 1. The van der Waals surface area contributed by atoms with Crippen molar-refractivity contribution in [2.45, 2.75) is 12.5 Å². The average Bonchev–Trinajstić information content (AvgIpc) is 2.29. The Hall–Kier alpha value is -1.02. The molecule has 0 amide bonds. The van der Waals surface area contributed by atoms with Gasteiger partial charge in [-0.15, -0.1) is 0 Å². The monoisotopic (exact) mass is 182 g/mol. The van der Waals surface area contributed by atoms with E-state index in [-0.39, 0.29) is 5.78 Å². The third kappa shape index (κ3) is 0.916. The second-order valence-corrected chi connectivity index (χ2v) is 3.14. The Morgan fingerprint density at radius 3 is 2.92 bits per heavy atom. The number of benzene rings is 1. The fourth-order valence-electron chi connectivity index (χ4n) is 1.33. The fraction of sp³-hybridized carbons (Fsp3) is 0.222. The van der Waals surface area contributed by atoms with E-state index in [9.17, 15) is 4.79 Å². The van der Waals surface area contributed by atoms with Gasteiger partial charge in [0.05, 0.1) is 5.56 Å².